The number of benzene rings is 2. The fraction of sp³-hybridized carbons (Fsp3) is 0.250. The highest BCUT2D eigenvalue weighted by atomic mass is 16.5. The van der Waals surface area contributed by atoms with Crippen LogP contribution in [0.3, 0.4) is 0 Å². The summed E-state index contributed by atoms with van der Waals surface area (Å²) in [6.07, 6.45) is 1.89. The van der Waals surface area contributed by atoms with Gasteiger partial charge in [-0.2, -0.15) is 10.4 Å². The third kappa shape index (κ3) is 4.24. The van der Waals surface area contributed by atoms with Crippen LogP contribution in [0.5, 0.6) is 5.75 Å². The van der Waals surface area contributed by atoms with E-state index in [4.69, 9.17) is 10.00 Å². The summed E-state index contributed by atoms with van der Waals surface area (Å²) in [7, 11) is 0. The summed E-state index contributed by atoms with van der Waals surface area (Å²) in [5.41, 5.74) is 6.74. The first kappa shape index (κ1) is 16.7. The van der Waals surface area contributed by atoms with E-state index in [-0.39, 0.29) is 5.91 Å². The van der Waals surface area contributed by atoms with Crippen LogP contribution in [0.1, 0.15) is 30.0 Å². The standard InChI is InChI=1S/C20H19N3O2/c1-14(25-19-10-6-15(13-21)7-11-19)20(24)23-22-18-9-8-16-4-2-3-5-17(16)12-18/h2-7,10-11,14H,8-9,12H2,1H3,(H,23,24)/b22-18+/t14-/m1/s1. The van der Waals surface area contributed by atoms with Crippen molar-refractivity contribution in [1.82, 2.24) is 5.43 Å². The van der Waals surface area contributed by atoms with E-state index in [2.05, 4.69) is 22.7 Å². The molecule has 0 aromatic heterocycles. The number of hydrogen-bond acceptors (Lipinski definition) is 4. The average Bonchev–Trinajstić information content (AvgIpc) is 2.66. The zero-order chi connectivity index (χ0) is 17.6. The topological polar surface area (TPSA) is 74.5 Å². The number of nitrogens with one attached hydrogen (secondary N) is 1. The Morgan fingerprint density at radius 3 is 2.60 bits per heavy atom. The Hall–Kier alpha value is -3.13. The summed E-state index contributed by atoms with van der Waals surface area (Å²) >= 11 is 0. The average molecular weight is 333 g/mol. The molecular weight excluding hydrogens is 314 g/mol. The minimum Gasteiger partial charge on any atom is -0.481 e. The van der Waals surface area contributed by atoms with E-state index >= 15 is 0 Å². The molecule has 0 saturated carbocycles. The second kappa shape index (κ2) is 7.63. The minimum atomic E-state index is -0.673. The Bertz CT molecular complexity index is 835. The normalized spacial score (nSPS) is 15.8. The van der Waals surface area contributed by atoms with Crippen molar-refractivity contribution in [1.29, 1.82) is 5.26 Å². The van der Waals surface area contributed by atoms with Gasteiger partial charge >= 0.3 is 0 Å². The molecule has 1 N–H and O–H groups in total. The fourth-order valence-corrected chi connectivity index (χ4v) is 2.75. The van der Waals surface area contributed by atoms with Crippen LogP contribution in [-0.2, 0) is 17.6 Å². The zero-order valence-corrected chi connectivity index (χ0v) is 14.0. The van der Waals surface area contributed by atoms with Gasteiger partial charge in [-0.3, -0.25) is 4.79 Å². The lowest BCUT2D eigenvalue weighted by atomic mass is 9.90. The summed E-state index contributed by atoms with van der Waals surface area (Å²) in [5, 5.41) is 13.1. The van der Waals surface area contributed by atoms with Gasteiger partial charge in [-0.25, -0.2) is 5.43 Å². The van der Waals surface area contributed by atoms with E-state index in [9.17, 15) is 4.79 Å². The number of fused-ring (bicyclic) bond motifs is 1. The molecule has 0 bridgehead atoms. The predicted molar refractivity (Wildman–Crippen MR) is 95.3 cm³/mol. The molecule has 0 unspecified atom stereocenters. The molecule has 3 rings (SSSR count). The van der Waals surface area contributed by atoms with Crippen molar-refractivity contribution < 1.29 is 9.53 Å². The number of aryl methyl sites for hydroxylation is 1. The van der Waals surface area contributed by atoms with Gasteiger partial charge in [-0.1, -0.05) is 24.3 Å². The Kier molecular flexibility index (Phi) is 5.10. The summed E-state index contributed by atoms with van der Waals surface area (Å²) in [6, 6.07) is 17.0. The van der Waals surface area contributed by atoms with Gasteiger partial charge in [0, 0.05) is 12.1 Å². The third-order valence-electron chi connectivity index (χ3n) is 4.19. The second-order valence-corrected chi connectivity index (χ2v) is 6.00. The number of nitrogens with zero attached hydrogens (tertiary/aromatic N) is 2. The molecule has 126 valence electrons. The number of carbonyl (C=O) groups excluding carboxylic acids is 1. The fourth-order valence-electron chi connectivity index (χ4n) is 2.75. The molecule has 5 nitrogen and oxygen atoms in total. The van der Waals surface area contributed by atoms with Crippen molar-refractivity contribution in [2.75, 3.05) is 0 Å². The molecule has 0 aliphatic heterocycles. The summed E-state index contributed by atoms with van der Waals surface area (Å²) in [5.74, 6) is 0.247. The lowest BCUT2D eigenvalue weighted by Crippen LogP contribution is -2.34. The van der Waals surface area contributed by atoms with Gasteiger partial charge in [0.05, 0.1) is 11.6 Å². The molecule has 2 aromatic carbocycles. The Labute approximate surface area is 146 Å². The Morgan fingerprint density at radius 1 is 1.16 bits per heavy atom. The van der Waals surface area contributed by atoms with Crippen molar-refractivity contribution in [3.8, 4) is 11.8 Å². The second-order valence-electron chi connectivity index (χ2n) is 6.00. The summed E-state index contributed by atoms with van der Waals surface area (Å²) in [6.45, 7) is 1.67. The molecule has 0 heterocycles. The molecule has 0 fully saturated rings. The molecule has 0 radical (unpaired) electrons. The van der Waals surface area contributed by atoms with Crippen LogP contribution in [0.25, 0.3) is 0 Å². The molecule has 0 spiro atoms. The number of ether oxygens (including phenoxy) is 1. The van der Waals surface area contributed by atoms with Gasteiger partial charge in [0.2, 0.25) is 0 Å². The molecule has 25 heavy (non-hydrogen) atoms. The molecule has 1 atom stereocenters. The molecule has 5 heteroatoms. The monoisotopic (exact) mass is 333 g/mol. The maximum absolute atomic E-state index is 12.2. The van der Waals surface area contributed by atoms with Gasteiger partial charge in [-0.05, 0) is 55.2 Å². The van der Waals surface area contributed by atoms with E-state index in [0.29, 0.717) is 11.3 Å². The van der Waals surface area contributed by atoms with Crippen LogP contribution < -0.4 is 10.2 Å². The van der Waals surface area contributed by atoms with Crippen LogP contribution in [0.2, 0.25) is 0 Å². The van der Waals surface area contributed by atoms with E-state index in [1.54, 1.807) is 31.2 Å². The maximum Gasteiger partial charge on any atom is 0.280 e. The molecule has 2 aromatic rings. The molecule has 0 saturated heterocycles. The number of hydrazone groups is 1. The lowest BCUT2D eigenvalue weighted by Gasteiger charge is -2.18. The van der Waals surface area contributed by atoms with Crippen LogP contribution in [-0.4, -0.2) is 17.7 Å². The largest absolute Gasteiger partial charge is 0.481 e. The first-order valence-corrected chi connectivity index (χ1v) is 8.24. The predicted octanol–water partition coefficient (Wildman–Crippen LogP) is 2.99. The van der Waals surface area contributed by atoms with Crippen molar-refractivity contribution in [3.05, 3.63) is 65.2 Å². The van der Waals surface area contributed by atoms with Crippen LogP contribution in [0, 0.1) is 11.3 Å². The molecule has 1 amide bonds. The SMILES string of the molecule is C[C@@H](Oc1ccc(C#N)cc1)C(=O)N/N=C1\CCc2ccccc2C1. The summed E-state index contributed by atoms with van der Waals surface area (Å²) in [4.78, 5) is 12.2. The van der Waals surface area contributed by atoms with Crippen molar-refractivity contribution >= 4 is 11.6 Å². The molecule has 1 aliphatic rings. The number of carbonyl (C=O) groups is 1. The van der Waals surface area contributed by atoms with Gasteiger partial charge in [0.1, 0.15) is 5.75 Å². The first-order valence-electron chi connectivity index (χ1n) is 8.24. The van der Waals surface area contributed by atoms with Crippen molar-refractivity contribution in [2.24, 2.45) is 5.10 Å². The minimum absolute atomic E-state index is 0.296. The first-order chi connectivity index (χ1) is 12.2. The Morgan fingerprint density at radius 2 is 1.88 bits per heavy atom. The number of amides is 1. The molecule has 1 aliphatic carbocycles. The lowest BCUT2D eigenvalue weighted by molar-refractivity contribution is -0.127. The van der Waals surface area contributed by atoms with Gasteiger partial charge in [-0.15, -0.1) is 0 Å². The third-order valence-corrected chi connectivity index (χ3v) is 4.19. The zero-order valence-electron chi connectivity index (χ0n) is 14.0. The van der Waals surface area contributed by atoms with Gasteiger partial charge < -0.3 is 4.74 Å². The van der Waals surface area contributed by atoms with E-state index < -0.39 is 6.10 Å². The van der Waals surface area contributed by atoms with Gasteiger partial charge in [0.25, 0.3) is 5.91 Å². The summed E-state index contributed by atoms with van der Waals surface area (Å²) < 4.78 is 5.58. The molecular formula is C20H19N3O2. The van der Waals surface area contributed by atoms with Crippen LogP contribution >= 0.6 is 0 Å². The van der Waals surface area contributed by atoms with Crippen molar-refractivity contribution in [2.45, 2.75) is 32.3 Å². The van der Waals surface area contributed by atoms with Crippen LogP contribution in [0.4, 0.5) is 0 Å². The smallest absolute Gasteiger partial charge is 0.280 e. The van der Waals surface area contributed by atoms with E-state index in [1.807, 2.05) is 18.2 Å². The quantitative estimate of drug-likeness (QED) is 0.874. The van der Waals surface area contributed by atoms with Crippen LogP contribution in [0.15, 0.2) is 53.6 Å². The number of rotatable bonds is 4. The van der Waals surface area contributed by atoms with E-state index in [1.165, 1.54) is 11.1 Å². The maximum atomic E-state index is 12.2. The van der Waals surface area contributed by atoms with Crippen molar-refractivity contribution in [3.63, 3.8) is 0 Å². The highest BCUT2D eigenvalue weighted by Gasteiger charge is 2.17. The number of hydrogen-bond donors (Lipinski definition) is 1. The number of nitriles is 1. The highest BCUT2D eigenvalue weighted by molar-refractivity contribution is 5.90. The highest BCUT2D eigenvalue weighted by Crippen LogP contribution is 2.19. The Balaban J connectivity index is 1.56. The van der Waals surface area contributed by atoms with E-state index in [0.717, 1.165) is 25.0 Å². The van der Waals surface area contributed by atoms with Gasteiger partial charge in [0.15, 0.2) is 6.10 Å².